The number of phosphoric acid groups is 1. The average Bonchev–Trinajstić information content (AvgIpc) is 3.12. The first-order valence-electron chi connectivity index (χ1n) is 20.1. The van der Waals surface area contributed by atoms with Crippen molar-refractivity contribution in [2.75, 3.05) is 19.8 Å². The number of carboxylic acids is 1. The quantitative estimate of drug-likeness (QED) is 0.0154. The van der Waals surface area contributed by atoms with Crippen LogP contribution >= 0.6 is 7.82 Å². The van der Waals surface area contributed by atoms with Gasteiger partial charge in [0, 0.05) is 12.8 Å². The number of ether oxygens (including phenoxy) is 2. The predicted octanol–water partition coefficient (Wildman–Crippen LogP) is 9.03. The second-order valence-electron chi connectivity index (χ2n) is 13.6. The lowest BCUT2D eigenvalue weighted by Crippen LogP contribution is -2.34. The Labute approximate surface area is 319 Å². The first kappa shape index (κ1) is 50.7. The van der Waals surface area contributed by atoms with E-state index in [1.807, 2.05) is 24.3 Å². The SMILES string of the molecule is CC/C=C/CC(O)/C=C/C=C/CCCCCCCC(=O)OC(COC(=O)CCCCCCCCCCCCCCC)COP(=O)(O)OCC(N)C(=O)O. The number of aliphatic hydroxyl groups is 1. The zero-order valence-corrected chi connectivity index (χ0v) is 33.6. The predicted molar refractivity (Wildman–Crippen MR) is 209 cm³/mol. The van der Waals surface area contributed by atoms with Gasteiger partial charge in [-0.25, -0.2) is 4.57 Å². The van der Waals surface area contributed by atoms with Gasteiger partial charge in [0.15, 0.2) is 6.10 Å². The van der Waals surface area contributed by atoms with Crippen LogP contribution in [0.5, 0.6) is 0 Å². The number of unbranched alkanes of at least 4 members (excludes halogenated alkanes) is 17. The summed E-state index contributed by atoms with van der Waals surface area (Å²) in [6, 6.07) is -1.53. The minimum atomic E-state index is -4.73. The Kier molecular flexibility index (Phi) is 33.8. The fourth-order valence-electron chi connectivity index (χ4n) is 5.28. The van der Waals surface area contributed by atoms with E-state index in [0.29, 0.717) is 19.3 Å². The van der Waals surface area contributed by atoms with Crippen molar-refractivity contribution in [2.24, 2.45) is 5.73 Å². The molecule has 0 spiro atoms. The van der Waals surface area contributed by atoms with Gasteiger partial charge in [0.05, 0.1) is 19.3 Å². The summed E-state index contributed by atoms with van der Waals surface area (Å²) in [7, 11) is -4.73. The molecule has 12 nitrogen and oxygen atoms in total. The van der Waals surface area contributed by atoms with Gasteiger partial charge in [-0.1, -0.05) is 147 Å². The van der Waals surface area contributed by atoms with Crippen LogP contribution < -0.4 is 5.73 Å². The van der Waals surface area contributed by atoms with Crippen molar-refractivity contribution in [2.45, 2.75) is 180 Å². The summed E-state index contributed by atoms with van der Waals surface area (Å²) in [6.45, 7) is 2.54. The van der Waals surface area contributed by atoms with E-state index in [9.17, 15) is 28.9 Å². The largest absolute Gasteiger partial charge is 0.480 e. The molecular formula is C40H72NO11P. The Bertz CT molecular complexity index is 1070. The number of rotatable bonds is 37. The van der Waals surface area contributed by atoms with Gasteiger partial charge in [-0.05, 0) is 38.5 Å². The molecule has 0 saturated heterocycles. The third-order valence-corrected chi connectivity index (χ3v) is 9.43. The fraction of sp³-hybridized carbons (Fsp3) is 0.775. The molecule has 4 atom stereocenters. The molecule has 0 rings (SSSR count). The second kappa shape index (κ2) is 35.4. The number of esters is 2. The summed E-state index contributed by atoms with van der Waals surface area (Å²) in [5.74, 6) is -2.44. The van der Waals surface area contributed by atoms with Crippen LogP contribution in [0.3, 0.4) is 0 Å². The minimum Gasteiger partial charge on any atom is -0.480 e. The van der Waals surface area contributed by atoms with Crippen LogP contribution in [0.1, 0.15) is 162 Å². The molecule has 0 aliphatic rings. The molecular weight excluding hydrogens is 701 g/mol. The lowest BCUT2D eigenvalue weighted by molar-refractivity contribution is -0.161. The lowest BCUT2D eigenvalue weighted by atomic mass is 10.0. The molecule has 0 amide bonds. The van der Waals surface area contributed by atoms with Gasteiger partial charge in [0.2, 0.25) is 0 Å². The first-order valence-corrected chi connectivity index (χ1v) is 21.6. The molecule has 0 bridgehead atoms. The van der Waals surface area contributed by atoms with Crippen LogP contribution in [0.15, 0.2) is 36.5 Å². The van der Waals surface area contributed by atoms with Crippen LogP contribution in [-0.2, 0) is 37.5 Å². The maximum Gasteiger partial charge on any atom is 0.472 e. The number of allylic oxidation sites excluding steroid dienone is 4. The highest BCUT2D eigenvalue weighted by Gasteiger charge is 2.28. The zero-order chi connectivity index (χ0) is 39.4. The molecule has 308 valence electrons. The van der Waals surface area contributed by atoms with Gasteiger partial charge < -0.3 is 30.3 Å². The molecule has 0 aromatic rings. The van der Waals surface area contributed by atoms with Crippen molar-refractivity contribution in [3.05, 3.63) is 36.5 Å². The summed E-state index contributed by atoms with van der Waals surface area (Å²) in [5.41, 5.74) is 5.32. The summed E-state index contributed by atoms with van der Waals surface area (Å²) >= 11 is 0. The summed E-state index contributed by atoms with van der Waals surface area (Å²) in [6.07, 6.45) is 32.6. The zero-order valence-electron chi connectivity index (χ0n) is 32.7. The van der Waals surface area contributed by atoms with Crippen LogP contribution in [0.25, 0.3) is 0 Å². The third-order valence-electron chi connectivity index (χ3n) is 8.48. The number of phosphoric ester groups is 1. The maximum atomic E-state index is 12.6. The molecule has 0 saturated carbocycles. The minimum absolute atomic E-state index is 0.116. The highest BCUT2D eigenvalue weighted by atomic mass is 31.2. The average molecular weight is 774 g/mol. The molecule has 5 N–H and O–H groups in total. The van der Waals surface area contributed by atoms with E-state index in [-0.39, 0.29) is 19.4 Å². The van der Waals surface area contributed by atoms with E-state index in [1.54, 1.807) is 6.08 Å². The molecule has 0 aromatic heterocycles. The molecule has 0 radical (unpaired) electrons. The van der Waals surface area contributed by atoms with Crippen molar-refractivity contribution in [3.63, 3.8) is 0 Å². The number of hydrogen-bond acceptors (Lipinski definition) is 10. The topological polar surface area (TPSA) is 192 Å². The van der Waals surface area contributed by atoms with Gasteiger partial charge in [-0.2, -0.15) is 0 Å². The van der Waals surface area contributed by atoms with Gasteiger partial charge in [0.25, 0.3) is 0 Å². The normalized spacial score (nSPS) is 14.8. The van der Waals surface area contributed by atoms with E-state index in [1.165, 1.54) is 57.8 Å². The monoisotopic (exact) mass is 773 g/mol. The molecule has 0 heterocycles. The number of aliphatic hydroxyl groups excluding tert-OH is 1. The van der Waals surface area contributed by atoms with Crippen LogP contribution in [-0.4, -0.2) is 71.1 Å². The maximum absolute atomic E-state index is 12.6. The standard InChI is InChI=1S/C40H72NO11P/c1-3-5-7-8-9-10-11-12-13-16-19-22-26-30-38(43)49-32-36(33-50-53(47,48)51-34-37(41)40(45)46)52-39(44)31-27-23-20-17-14-15-18-21-25-29-35(42)28-24-6-4-2/h6,18,21,24-25,29,35-37,42H,3-5,7-17,19-20,22-23,26-28,30-34,41H2,1-2H3,(H,45,46)(H,47,48)/b21-18+,24-6+,29-25+. The number of carboxylic acid groups (broad SMARTS) is 1. The van der Waals surface area contributed by atoms with Crippen LogP contribution in [0.4, 0.5) is 0 Å². The number of carbonyl (C=O) groups excluding carboxylic acids is 2. The molecule has 0 aliphatic heterocycles. The second-order valence-corrected chi connectivity index (χ2v) is 15.0. The number of aliphatic carboxylic acids is 1. The Morgan fingerprint density at radius 1 is 0.679 bits per heavy atom. The lowest BCUT2D eigenvalue weighted by Gasteiger charge is -2.20. The van der Waals surface area contributed by atoms with E-state index in [4.69, 9.17) is 24.8 Å². The Balaban J connectivity index is 4.48. The number of hydrogen-bond donors (Lipinski definition) is 4. The van der Waals surface area contributed by atoms with Crippen molar-refractivity contribution >= 4 is 25.7 Å². The Morgan fingerprint density at radius 2 is 1.21 bits per heavy atom. The summed E-state index contributed by atoms with van der Waals surface area (Å²) in [5, 5.41) is 18.7. The van der Waals surface area contributed by atoms with E-state index >= 15 is 0 Å². The van der Waals surface area contributed by atoms with Crippen LogP contribution in [0.2, 0.25) is 0 Å². The van der Waals surface area contributed by atoms with E-state index in [0.717, 1.165) is 57.8 Å². The first-order chi connectivity index (χ1) is 25.5. The number of carbonyl (C=O) groups is 3. The van der Waals surface area contributed by atoms with Gasteiger partial charge in [0.1, 0.15) is 12.6 Å². The molecule has 4 unspecified atom stereocenters. The van der Waals surface area contributed by atoms with E-state index < -0.39 is 57.2 Å². The molecule has 53 heavy (non-hydrogen) atoms. The molecule has 0 aromatic carbocycles. The van der Waals surface area contributed by atoms with E-state index in [2.05, 4.69) is 24.4 Å². The Hall–Kier alpha value is -2.34. The van der Waals surface area contributed by atoms with Crippen molar-refractivity contribution in [1.82, 2.24) is 0 Å². The third kappa shape index (κ3) is 35.1. The number of nitrogens with two attached hydrogens (primary N) is 1. The Morgan fingerprint density at radius 3 is 1.77 bits per heavy atom. The summed E-state index contributed by atoms with van der Waals surface area (Å²) < 4.78 is 32.6. The van der Waals surface area contributed by atoms with Gasteiger partial charge >= 0.3 is 25.7 Å². The smallest absolute Gasteiger partial charge is 0.472 e. The van der Waals surface area contributed by atoms with Crippen LogP contribution in [0, 0.1) is 0 Å². The highest BCUT2D eigenvalue weighted by molar-refractivity contribution is 7.47. The molecule has 13 heteroatoms. The molecule has 0 aliphatic carbocycles. The molecule has 0 fully saturated rings. The van der Waals surface area contributed by atoms with Crippen molar-refractivity contribution in [3.8, 4) is 0 Å². The fourth-order valence-corrected chi connectivity index (χ4v) is 6.05. The van der Waals surface area contributed by atoms with Gasteiger partial charge in [-0.3, -0.25) is 23.4 Å². The van der Waals surface area contributed by atoms with Crippen molar-refractivity contribution < 1.29 is 52.6 Å². The van der Waals surface area contributed by atoms with Gasteiger partial charge in [-0.15, -0.1) is 0 Å². The highest BCUT2D eigenvalue weighted by Crippen LogP contribution is 2.43. The van der Waals surface area contributed by atoms with Crippen molar-refractivity contribution in [1.29, 1.82) is 0 Å². The summed E-state index contributed by atoms with van der Waals surface area (Å²) in [4.78, 5) is 45.8.